The first-order valence-corrected chi connectivity index (χ1v) is 6.39. The zero-order chi connectivity index (χ0) is 12.1. The Balaban J connectivity index is 2.31. The van der Waals surface area contributed by atoms with Crippen LogP contribution >= 0.6 is 11.3 Å². The molecule has 4 N–H and O–H groups in total. The summed E-state index contributed by atoms with van der Waals surface area (Å²) >= 11 is 1.64. The lowest BCUT2D eigenvalue weighted by molar-refractivity contribution is 0.903. The second-order valence-electron chi connectivity index (χ2n) is 3.58. The van der Waals surface area contributed by atoms with Gasteiger partial charge in [-0.3, -0.25) is 0 Å². The van der Waals surface area contributed by atoms with Crippen LogP contribution in [0.15, 0.2) is 23.2 Å². The number of nitrogen functional groups attached to an aromatic ring is 1. The van der Waals surface area contributed by atoms with E-state index in [0.29, 0.717) is 5.82 Å². The number of hydrogen-bond acceptors (Lipinski definition) is 6. The first-order chi connectivity index (χ1) is 8.35. The van der Waals surface area contributed by atoms with E-state index >= 15 is 0 Å². The number of hydrogen-bond donors (Lipinski definition) is 3. The van der Waals surface area contributed by atoms with E-state index in [1.54, 1.807) is 11.3 Å². The summed E-state index contributed by atoms with van der Waals surface area (Å²) in [5, 5.41) is 7.33. The highest BCUT2D eigenvalue weighted by Gasteiger charge is 2.10. The molecule has 0 aliphatic carbocycles. The minimum absolute atomic E-state index is 0.680. The molecule has 0 unspecified atom stereocenters. The Morgan fingerprint density at radius 2 is 2.18 bits per heavy atom. The van der Waals surface area contributed by atoms with Crippen molar-refractivity contribution in [1.82, 2.24) is 9.97 Å². The van der Waals surface area contributed by atoms with Gasteiger partial charge in [-0.1, -0.05) is 13.3 Å². The molecule has 0 spiro atoms. The first kappa shape index (κ1) is 11.8. The summed E-state index contributed by atoms with van der Waals surface area (Å²) in [7, 11) is 0. The highest BCUT2D eigenvalue weighted by Crippen LogP contribution is 2.25. The average Bonchev–Trinajstić information content (AvgIpc) is 2.84. The van der Waals surface area contributed by atoms with Crippen molar-refractivity contribution in [2.45, 2.75) is 19.8 Å². The lowest BCUT2D eigenvalue weighted by Gasteiger charge is -2.12. The van der Waals surface area contributed by atoms with Crippen molar-refractivity contribution in [3.63, 3.8) is 0 Å². The average molecular weight is 249 g/mol. The largest absolute Gasteiger partial charge is 0.339 e. The van der Waals surface area contributed by atoms with Crippen LogP contribution in [0.4, 0.5) is 17.3 Å². The standard InChI is InChI=1S/C11H15N5S/c1-2-3-9-10(13-7-14-11(9)16-12)15-8-4-5-17-6-8/h4-7H,2-3,12H2,1H3,(H2,13,14,15,16). The maximum atomic E-state index is 5.46. The van der Waals surface area contributed by atoms with Crippen molar-refractivity contribution in [2.24, 2.45) is 5.84 Å². The van der Waals surface area contributed by atoms with Crippen LogP contribution in [0, 0.1) is 0 Å². The zero-order valence-electron chi connectivity index (χ0n) is 9.60. The lowest BCUT2D eigenvalue weighted by atomic mass is 10.1. The van der Waals surface area contributed by atoms with Crippen LogP contribution in [0.25, 0.3) is 0 Å². The maximum absolute atomic E-state index is 5.46. The molecule has 90 valence electrons. The van der Waals surface area contributed by atoms with Gasteiger partial charge in [0.1, 0.15) is 18.0 Å². The van der Waals surface area contributed by atoms with Gasteiger partial charge in [-0.05, 0) is 17.9 Å². The predicted molar refractivity (Wildman–Crippen MR) is 71.4 cm³/mol. The molecular formula is C11H15N5S. The molecule has 0 saturated carbocycles. The molecule has 0 radical (unpaired) electrons. The summed E-state index contributed by atoms with van der Waals surface area (Å²) in [5.41, 5.74) is 4.67. The predicted octanol–water partition coefficient (Wildman–Crippen LogP) is 2.52. The fraction of sp³-hybridized carbons (Fsp3) is 0.273. The van der Waals surface area contributed by atoms with Crippen molar-refractivity contribution in [2.75, 3.05) is 10.7 Å². The van der Waals surface area contributed by atoms with Crippen LogP contribution in [-0.4, -0.2) is 9.97 Å². The number of anilines is 3. The molecule has 0 bridgehead atoms. The molecule has 2 rings (SSSR count). The number of thiophene rings is 1. The van der Waals surface area contributed by atoms with E-state index < -0.39 is 0 Å². The normalized spacial score (nSPS) is 10.2. The van der Waals surface area contributed by atoms with Crippen molar-refractivity contribution < 1.29 is 0 Å². The van der Waals surface area contributed by atoms with Crippen molar-refractivity contribution in [1.29, 1.82) is 0 Å². The maximum Gasteiger partial charge on any atom is 0.148 e. The van der Waals surface area contributed by atoms with Gasteiger partial charge in [0.2, 0.25) is 0 Å². The number of aromatic nitrogens is 2. The van der Waals surface area contributed by atoms with Crippen LogP contribution in [0.5, 0.6) is 0 Å². The Morgan fingerprint density at radius 1 is 1.35 bits per heavy atom. The summed E-state index contributed by atoms with van der Waals surface area (Å²) in [6.07, 6.45) is 3.40. The molecule has 0 aromatic carbocycles. The van der Waals surface area contributed by atoms with Crippen LogP contribution < -0.4 is 16.6 Å². The SMILES string of the molecule is CCCc1c(NN)ncnc1Nc1ccsc1. The molecule has 0 aliphatic heterocycles. The smallest absolute Gasteiger partial charge is 0.148 e. The van der Waals surface area contributed by atoms with Gasteiger partial charge in [0.05, 0.1) is 5.69 Å². The third kappa shape index (κ3) is 2.72. The van der Waals surface area contributed by atoms with Gasteiger partial charge in [-0.15, -0.1) is 0 Å². The summed E-state index contributed by atoms with van der Waals surface area (Å²) in [6, 6.07) is 2.01. The number of nitrogens with two attached hydrogens (primary N) is 1. The highest BCUT2D eigenvalue weighted by atomic mass is 32.1. The summed E-state index contributed by atoms with van der Waals surface area (Å²) in [4.78, 5) is 8.39. The third-order valence-corrected chi connectivity index (χ3v) is 3.05. The van der Waals surface area contributed by atoms with E-state index in [1.165, 1.54) is 6.33 Å². The van der Waals surface area contributed by atoms with E-state index in [9.17, 15) is 0 Å². The minimum atomic E-state index is 0.680. The number of rotatable bonds is 5. The summed E-state index contributed by atoms with van der Waals surface area (Å²) in [5.74, 6) is 6.95. The topological polar surface area (TPSA) is 75.9 Å². The van der Waals surface area contributed by atoms with E-state index in [4.69, 9.17) is 5.84 Å². The summed E-state index contributed by atoms with van der Waals surface area (Å²) < 4.78 is 0. The second kappa shape index (κ2) is 5.60. The van der Waals surface area contributed by atoms with E-state index in [2.05, 4.69) is 27.6 Å². The Bertz CT molecular complexity index is 469. The zero-order valence-corrected chi connectivity index (χ0v) is 10.4. The van der Waals surface area contributed by atoms with Crippen molar-refractivity contribution in [3.8, 4) is 0 Å². The highest BCUT2D eigenvalue weighted by molar-refractivity contribution is 7.08. The molecule has 0 fully saturated rings. The molecule has 6 heteroatoms. The summed E-state index contributed by atoms with van der Waals surface area (Å²) in [6.45, 7) is 2.11. The van der Waals surface area contributed by atoms with Gasteiger partial charge in [-0.2, -0.15) is 11.3 Å². The Labute approximate surface area is 104 Å². The van der Waals surface area contributed by atoms with Gasteiger partial charge in [-0.25, -0.2) is 15.8 Å². The molecule has 0 aliphatic rings. The Kier molecular flexibility index (Phi) is 3.89. The molecule has 0 amide bonds. The number of hydrazine groups is 1. The quantitative estimate of drug-likeness (QED) is 0.561. The first-order valence-electron chi connectivity index (χ1n) is 5.45. The minimum Gasteiger partial charge on any atom is -0.339 e. The molecule has 2 aromatic heterocycles. The van der Waals surface area contributed by atoms with E-state index in [0.717, 1.165) is 29.9 Å². The van der Waals surface area contributed by atoms with Crippen molar-refractivity contribution >= 4 is 28.7 Å². The Hall–Kier alpha value is -1.66. The molecular weight excluding hydrogens is 234 g/mol. The molecule has 0 saturated heterocycles. The fourth-order valence-corrected chi connectivity index (χ4v) is 2.19. The Morgan fingerprint density at radius 3 is 2.82 bits per heavy atom. The molecule has 17 heavy (non-hydrogen) atoms. The van der Waals surface area contributed by atoms with Crippen LogP contribution in [-0.2, 0) is 6.42 Å². The van der Waals surface area contributed by atoms with Crippen LogP contribution in [0.2, 0.25) is 0 Å². The number of nitrogens with zero attached hydrogens (tertiary/aromatic N) is 2. The lowest BCUT2D eigenvalue weighted by Crippen LogP contribution is -2.13. The van der Waals surface area contributed by atoms with Gasteiger partial charge < -0.3 is 10.7 Å². The van der Waals surface area contributed by atoms with Crippen LogP contribution in [0.3, 0.4) is 0 Å². The molecule has 2 aromatic rings. The van der Waals surface area contributed by atoms with E-state index in [1.807, 2.05) is 16.8 Å². The monoisotopic (exact) mass is 249 g/mol. The van der Waals surface area contributed by atoms with Crippen LogP contribution in [0.1, 0.15) is 18.9 Å². The second-order valence-corrected chi connectivity index (χ2v) is 4.36. The fourth-order valence-electron chi connectivity index (χ4n) is 1.60. The number of nitrogens with one attached hydrogen (secondary N) is 2. The molecule has 0 atom stereocenters. The van der Waals surface area contributed by atoms with Crippen molar-refractivity contribution in [3.05, 3.63) is 28.7 Å². The van der Waals surface area contributed by atoms with Gasteiger partial charge in [0.15, 0.2) is 0 Å². The molecule has 5 nitrogen and oxygen atoms in total. The van der Waals surface area contributed by atoms with Gasteiger partial charge >= 0.3 is 0 Å². The molecule has 2 heterocycles. The van der Waals surface area contributed by atoms with Gasteiger partial charge in [0.25, 0.3) is 0 Å². The van der Waals surface area contributed by atoms with E-state index in [-0.39, 0.29) is 0 Å². The third-order valence-electron chi connectivity index (χ3n) is 2.37. The van der Waals surface area contributed by atoms with Gasteiger partial charge in [0, 0.05) is 10.9 Å².